The van der Waals surface area contributed by atoms with Gasteiger partial charge in [-0.3, -0.25) is 4.79 Å². The molecule has 0 aliphatic rings. The van der Waals surface area contributed by atoms with Gasteiger partial charge in [0, 0.05) is 0 Å². The summed E-state index contributed by atoms with van der Waals surface area (Å²) < 4.78 is 10.2. The van der Waals surface area contributed by atoms with E-state index in [1.807, 2.05) is 36.4 Å². The zero-order chi connectivity index (χ0) is 17.4. The van der Waals surface area contributed by atoms with Gasteiger partial charge < -0.3 is 14.3 Å². The van der Waals surface area contributed by atoms with E-state index in [-0.39, 0.29) is 25.6 Å². The lowest BCUT2D eigenvalue weighted by molar-refractivity contribution is -0.755. The molecule has 0 fully saturated rings. The maximum Gasteiger partial charge on any atom is 0.310 e. The first-order valence-corrected chi connectivity index (χ1v) is 7.23. The average Bonchev–Trinajstić information content (AvgIpc) is 2.57. The third kappa shape index (κ3) is 5.28. The van der Waals surface area contributed by atoms with Gasteiger partial charge in [-0.05, 0) is 34.5 Å². The molecule has 0 atom stereocenters. The molecule has 0 heterocycles. The minimum atomic E-state index is -0.883. The molecule has 0 spiro atoms. The highest BCUT2D eigenvalue weighted by molar-refractivity contribution is 5.85. The van der Waals surface area contributed by atoms with Gasteiger partial charge in [0.1, 0.15) is 19.0 Å². The van der Waals surface area contributed by atoms with Crippen LogP contribution in [0.5, 0.6) is 5.75 Å². The van der Waals surface area contributed by atoms with Crippen LogP contribution in [0.2, 0.25) is 0 Å². The number of benzene rings is 2. The maximum absolute atomic E-state index is 11.8. The van der Waals surface area contributed by atoms with Crippen LogP contribution in [0, 0.1) is 10.1 Å². The number of hydrogen-bond acceptors (Lipinski definition) is 6. The van der Waals surface area contributed by atoms with E-state index in [0.29, 0.717) is 0 Å². The first-order chi connectivity index (χ1) is 11.6. The highest BCUT2D eigenvalue weighted by atomic mass is 16.9. The number of carbonyl (C=O) groups is 1. The van der Waals surface area contributed by atoms with Gasteiger partial charge in [-0.1, -0.05) is 30.3 Å². The Morgan fingerprint density at radius 2 is 1.83 bits per heavy atom. The number of carbonyl (C=O) groups excluding carboxylic acids is 1. The van der Waals surface area contributed by atoms with Crippen LogP contribution in [0.25, 0.3) is 10.8 Å². The molecule has 0 bridgehead atoms. The molecule has 2 aromatic rings. The standard InChI is InChI=1S/C17H17NO6/c1-22-16-7-6-14-10-13(4-5-15(14)12-16)11-17(19)23-8-2-3-9-24-18(20)21/h2-7,10,12H,8-9,11H2,1H3/b3-2+. The predicted molar refractivity (Wildman–Crippen MR) is 87.2 cm³/mol. The van der Waals surface area contributed by atoms with Crippen molar-refractivity contribution in [3.8, 4) is 5.75 Å². The summed E-state index contributed by atoms with van der Waals surface area (Å²) in [6, 6.07) is 11.4. The van der Waals surface area contributed by atoms with Gasteiger partial charge in [0.2, 0.25) is 0 Å². The van der Waals surface area contributed by atoms with Gasteiger partial charge in [-0.15, -0.1) is 10.1 Å². The second-order valence-electron chi connectivity index (χ2n) is 4.90. The molecule has 0 N–H and O–H groups in total. The molecule has 7 heteroatoms. The minimum absolute atomic E-state index is 0.0463. The molecule has 0 unspecified atom stereocenters. The van der Waals surface area contributed by atoms with Crippen molar-refractivity contribution in [2.75, 3.05) is 20.3 Å². The third-order valence-corrected chi connectivity index (χ3v) is 3.24. The number of nitrogens with zero attached hydrogens (tertiary/aromatic N) is 1. The van der Waals surface area contributed by atoms with Crippen LogP contribution in [0.4, 0.5) is 0 Å². The number of rotatable bonds is 8. The van der Waals surface area contributed by atoms with E-state index in [2.05, 4.69) is 4.84 Å². The number of esters is 1. The predicted octanol–water partition coefficient (Wildman–Crippen LogP) is 2.70. The summed E-state index contributed by atoms with van der Waals surface area (Å²) in [6.45, 7) is -0.122. The van der Waals surface area contributed by atoms with E-state index in [4.69, 9.17) is 9.47 Å². The Labute approximate surface area is 138 Å². The molecule has 0 saturated heterocycles. The monoisotopic (exact) mass is 331 g/mol. The Morgan fingerprint density at radius 1 is 1.12 bits per heavy atom. The summed E-state index contributed by atoms with van der Waals surface area (Å²) in [5.74, 6) is 0.408. The van der Waals surface area contributed by atoms with Gasteiger partial charge in [-0.2, -0.15) is 0 Å². The topological polar surface area (TPSA) is 87.9 Å². The van der Waals surface area contributed by atoms with Crippen molar-refractivity contribution in [3.63, 3.8) is 0 Å². The Hall–Kier alpha value is -3.09. The second kappa shape index (κ2) is 8.52. The molecule has 2 rings (SSSR count). The first-order valence-electron chi connectivity index (χ1n) is 7.23. The normalized spacial score (nSPS) is 10.7. The molecule has 0 amide bonds. The van der Waals surface area contributed by atoms with Crippen LogP contribution in [-0.2, 0) is 20.8 Å². The molecule has 0 saturated carbocycles. The molecule has 126 valence electrons. The van der Waals surface area contributed by atoms with Gasteiger partial charge in [-0.25, -0.2) is 0 Å². The smallest absolute Gasteiger partial charge is 0.310 e. The molecule has 0 radical (unpaired) electrons. The largest absolute Gasteiger partial charge is 0.497 e. The average molecular weight is 331 g/mol. The lowest BCUT2D eigenvalue weighted by Crippen LogP contribution is -2.08. The van der Waals surface area contributed by atoms with Crippen LogP contribution in [0.3, 0.4) is 0 Å². The Morgan fingerprint density at radius 3 is 2.58 bits per heavy atom. The molecular formula is C17H17NO6. The van der Waals surface area contributed by atoms with Gasteiger partial charge in [0.25, 0.3) is 5.09 Å². The van der Waals surface area contributed by atoms with E-state index in [0.717, 1.165) is 22.1 Å². The van der Waals surface area contributed by atoms with E-state index in [9.17, 15) is 14.9 Å². The molecule has 0 aliphatic carbocycles. The van der Waals surface area contributed by atoms with Gasteiger partial charge in [0.05, 0.1) is 13.5 Å². The van der Waals surface area contributed by atoms with Crippen LogP contribution in [0.1, 0.15) is 5.56 Å². The van der Waals surface area contributed by atoms with Crippen LogP contribution < -0.4 is 4.74 Å². The SMILES string of the molecule is COc1ccc2cc(CC(=O)OC/C=C/CO[N+](=O)[O-])ccc2c1. The Bertz CT molecular complexity index is 756. The Balaban J connectivity index is 1.85. The van der Waals surface area contributed by atoms with Crippen molar-refractivity contribution < 1.29 is 24.2 Å². The first kappa shape index (κ1) is 17.3. The van der Waals surface area contributed by atoms with E-state index in [1.54, 1.807) is 7.11 Å². The minimum Gasteiger partial charge on any atom is -0.497 e. The third-order valence-electron chi connectivity index (χ3n) is 3.24. The molecular weight excluding hydrogens is 314 g/mol. The fourth-order valence-electron chi connectivity index (χ4n) is 2.11. The number of fused-ring (bicyclic) bond motifs is 1. The maximum atomic E-state index is 11.8. The number of ether oxygens (including phenoxy) is 2. The highest BCUT2D eigenvalue weighted by Crippen LogP contribution is 2.22. The van der Waals surface area contributed by atoms with E-state index in [1.165, 1.54) is 12.2 Å². The zero-order valence-corrected chi connectivity index (χ0v) is 13.1. The van der Waals surface area contributed by atoms with E-state index < -0.39 is 5.09 Å². The fourth-order valence-corrected chi connectivity index (χ4v) is 2.11. The number of hydrogen-bond donors (Lipinski definition) is 0. The van der Waals surface area contributed by atoms with Crippen LogP contribution in [0.15, 0.2) is 48.6 Å². The summed E-state index contributed by atoms with van der Waals surface area (Å²) in [6.07, 6.45) is 3.06. The fraction of sp³-hybridized carbons (Fsp3) is 0.235. The highest BCUT2D eigenvalue weighted by Gasteiger charge is 2.05. The quantitative estimate of drug-likeness (QED) is 0.320. The van der Waals surface area contributed by atoms with Crippen molar-refractivity contribution in [2.45, 2.75) is 6.42 Å². The summed E-state index contributed by atoms with van der Waals surface area (Å²) in [5.41, 5.74) is 0.846. The summed E-state index contributed by atoms with van der Waals surface area (Å²) in [4.78, 5) is 25.8. The Kier molecular flexibility index (Phi) is 6.13. The van der Waals surface area contributed by atoms with Crippen LogP contribution in [-0.4, -0.2) is 31.4 Å². The lowest BCUT2D eigenvalue weighted by atomic mass is 10.0. The van der Waals surface area contributed by atoms with E-state index >= 15 is 0 Å². The van der Waals surface area contributed by atoms with Crippen molar-refractivity contribution in [1.29, 1.82) is 0 Å². The van der Waals surface area contributed by atoms with Crippen molar-refractivity contribution in [3.05, 3.63) is 64.2 Å². The van der Waals surface area contributed by atoms with Crippen molar-refractivity contribution in [1.82, 2.24) is 0 Å². The molecule has 0 aromatic heterocycles. The molecule has 7 nitrogen and oxygen atoms in total. The molecule has 2 aromatic carbocycles. The zero-order valence-electron chi connectivity index (χ0n) is 13.1. The van der Waals surface area contributed by atoms with Crippen LogP contribution >= 0.6 is 0 Å². The summed E-state index contributed by atoms with van der Waals surface area (Å²) in [7, 11) is 1.61. The second-order valence-corrected chi connectivity index (χ2v) is 4.90. The van der Waals surface area contributed by atoms with Crippen molar-refractivity contribution >= 4 is 16.7 Å². The van der Waals surface area contributed by atoms with Crippen molar-refractivity contribution in [2.24, 2.45) is 0 Å². The number of methoxy groups -OCH3 is 1. The molecule has 24 heavy (non-hydrogen) atoms. The summed E-state index contributed by atoms with van der Waals surface area (Å²) >= 11 is 0. The molecule has 0 aliphatic heterocycles. The summed E-state index contributed by atoms with van der Waals surface area (Å²) in [5, 5.41) is 11.1. The van der Waals surface area contributed by atoms with Gasteiger partial charge >= 0.3 is 5.97 Å². The lowest BCUT2D eigenvalue weighted by Gasteiger charge is -2.06. The van der Waals surface area contributed by atoms with Gasteiger partial charge in [0.15, 0.2) is 0 Å².